The molecule has 2 aromatic rings. The first kappa shape index (κ1) is 15.6. The number of fused-ring (bicyclic) bond motifs is 1. The van der Waals surface area contributed by atoms with E-state index >= 15 is 0 Å². The van der Waals surface area contributed by atoms with Gasteiger partial charge in [-0.3, -0.25) is 0 Å². The lowest BCUT2D eigenvalue weighted by molar-refractivity contribution is 0.174. The van der Waals surface area contributed by atoms with Gasteiger partial charge in [0.05, 0.1) is 0 Å². The lowest BCUT2D eigenvalue weighted by Gasteiger charge is -2.19. The van der Waals surface area contributed by atoms with Gasteiger partial charge in [0.25, 0.3) is 0 Å². The van der Waals surface area contributed by atoms with Crippen molar-refractivity contribution >= 4 is 11.7 Å². The topological polar surface area (TPSA) is 62.8 Å². The molecule has 2 heterocycles. The van der Waals surface area contributed by atoms with Crippen molar-refractivity contribution in [1.82, 2.24) is 10.6 Å². The molecule has 130 valence electrons. The third-order valence-electron chi connectivity index (χ3n) is 4.53. The highest BCUT2D eigenvalue weighted by atomic mass is 16.7. The van der Waals surface area contributed by atoms with Crippen LogP contribution in [-0.4, -0.2) is 32.0 Å². The first-order chi connectivity index (χ1) is 12.3. The van der Waals surface area contributed by atoms with Crippen LogP contribution in [0, 0.1) is 0 Å². The molecule has 2 N–H and O–H groups in total. The van der Waals surface area contributed by atoms with Gasteiger partial charge in [0.2, 0.25) is 6.79 Å². The van der Waals surface area contributed by atoms with Crippen molar-refractivity contribution < 1.29 is 14.3 Å². The van der Waals surface area contributed by atoms with Crippen LogP contribution in [0.25, 0.3) is 0 Å². The molecule has 2 aromatic carbocycles. The molecule has 2 aliphatic rings. The summed E-state index contributed by atoms with van der Waals surface area (Å²) in [6, 6.07) is 16.0. The smallest absolute Gasteiger partial charge is 0.315 e. The number of carbonyl (C=O) groups is 1. The Balaban J connectivity index is 1.25. The van der Waals surface area contributed by atoms with Gasteiger partial charge in [-0.25, -0.2) is 4.79 Å². The normalized spacial score (nSPS) is 18.2. The Hall–Kier alpha value is -2.89. The van der Waals surface area contributed by atoms with Crippen LogP contribution >= 0.6 is 0 Å². The van der Waals surface area contributed by atoms with Crippen LogP contribution in [-0.2, 0) is 6.54 Å². The van der Waals surface area contributed by atoms with Gasteiger partial charge in [-0.05, 0) is 36.2 Å². The molecule has 4 rings (SSSR count). The van der Waals surface area contributed by atoms with Crippen LogP contribution in [0.15, 0.2) is 48.5 Å². The quantitative estimate of drug-likeness (QED) is 0.898. The second kappa shape index (κ2) is 6.93. The predicted molar refractivity (Wildman–Crippen MR) is 95.0 cm³/mol. The number of nitrogens with one attached hydrogen (secondary N) is 2. The molecular formula is C19H21N3O3. The third kappa shape index (κ3) is 3.63. The van der Waals surface area contributed by atoms with Gasteiger partial charge in [-0.15, -0.1) is 0 Å². The maximum atomic E-state index is 12.2. The van der Waals surface area contributed by atoms with E-state index in [1.54, 1.807) is 0 Å². The van der Waals surface area contributed by atoms with Gasteiger partial charge < -0.3 is 25.0 Å². The van der Waals surface area contributed by atoms with E-state index in [1.165, 1.54) is 5.69 Å². The molecule has 1 saturated heterocycles. The number of benzene rings is 2. The summed E-state index contributed by atoms with van der Waals surface area (Å²) >= 11 is 0. The van der Waals surface area contributed by atoms with E-state index in [4.69, 9.17) is 9.47 Å². The first-order valence-corrected chi connectivity index (χ1v) is 8.51. The summed E-state index contributed by atoms with van der Waals surface area (Å²) in [6.45, 7) is 2.50. The Kier molecular flexibility index (Phi) is 4.33. The second-order valence-corrected chi connectivity index (χ2v) is 6.28. The van der Waals surface area contributed by atoms with Crippen molar-refractivity contribution in [3.05, 3.63) is 54.1 Å². The average Bonchev–Trinajstić information content (AvgIpc) is 3.29. The van der Waals surface area contributed by atoms with Crippen LogP contribution in [0.5, 0.6) is 11.5 Å². The fourth-order valence-electron chi connectivity index (χ4n) is 3.22. The number of hydrogen-bond acceptors (Lipinski definition) is 4. The molecule has 2 amide bonds. The fourth-order valence-corrected chi connectivity index (χ4v) is 3.22. The van der Waals surface area contributed by atoms with Crippen LogP contribution < -0.4 is 25.0 Å². The number of nitrogens with zero attached hydrogens (tertiary/aromatic N) is 1. The standard InChI is InChI=1S/C19H21N3O3/c23-19(20-11-14-6-7-17-18(10-14)25-13-24-17)21-15-8-9-22(12-15)16-4-2-1-3-5-16/h1-7,10,15H,8-9,11-13H2,(H2,20,21,23). The Morgan fingerprint density at radius 2 is 1.96 bits per heavy atom. The summed E-state index contributed by atoms with van der Waals surface area (Å²) in [7, 11) is 0. The van der Waals surface area contributed by atoms with E-state index in [9.17, 15) is 4.79 Å². The predicted octanol–water partition coefficient (Wildman–Crippen LogP) is 2.49. The van der Waals surface area contributed by atoms with Gasteiger partial charge in [-0.2, -0.15) is 0 Å². The number of anilines is 1. The molecule has 0 spiro atoms. The maximum Gasteiger partial charge on any atom is 0.315 e. The lowest BCUT2D eigenvalue weighted by Crippen LogP contribution is -2.43. The minimum absolute atomic E-state index is 0.141. The summed E-state index contributed by atoms with van der Waals surface area (Å²) in [4.78, 5) is 14.4. The molecule has 0 aliphatic carbocycles. The molecule has 0 radical (unpaired) electrons. The van der Waals surface area contributed by atoms with Crippen molar-refractivity contribution in [1.29, 1.82) is 0 Å². The van der Waals surface area contributed by atoms with Crippen LogP contribution in [0.2, 0.25) is 0 Å². The van der Waals surface area contributed by atoms with Crippen molar-refractivity contribution in [2.45, 2.75) is 19.0 Å². The van der Waals surface area contributed by atoms with E-state index in [0.29, 0.717) is 6.54 Å². The number of carbonyl (C=O) groups excluding carboxylic acids is 1. The Morgan fingerprint density at radius 1 is 1.12 bits per heavy atom. The zero-order chi connectivity index (χ0) is 17.1. The Bertz CT molecular complexity index is 751. The number of ether oxygens (including phenoxy) is 2. The highest BCUT2D eigenvalue weighted by Gasteiger charge is 2.24. The minimum atomic E-state index is -0.141. The monoisotopic (exact) mass is 339 g/mol. The molecule has 0 saturated carbocycles. The number of urea groups is 1. The van der Waals surface area contributed by atoms with Crippen LogP contribution in [0.4, 0.5) is 10.5 Å². The second-order valence-electron chi connectivity index (χ2n) is 6.28. The molecule has 1 unspecified atom stereocenters. The molecule has 25 heavy (non-hydrogen) atoms. The minimum Gasteiger partial charge on any atom is -0.454 e. The molecule has 0 aromatic heterocycles. The highest BCUT2D eigenvalue weighted by molar-refractivity contribution is 5.74. The lowest BCUT2D eigenvalue weighted by atomic mass is 10.2. The van der Waals surface area contributed by atoms with Gasteiger partial charge in [-0.1, -0.05) is 24.3 Å². The zero-order valence-electron chi connectivity index (χ0n) is 13.9. The zero-order valence-corrected chi connectivity index (χ0v) is 13.9. The Morgan fingerprint density at radius 3 is 2.84 bits per heavy atom. The van der Waals surface area contributed by atoms with E-state index < -0.39 is 0 Å². The summed E-state index contributed by atoms with van der Waals surface area (Å²) in [6.07, 6.45) is 0.951. The van der Waals surface area contributed by atoms with E-state index in [2.05, 4.69) is 27.7 Å². The summed E-state index contributed by atoms with van der Waals surface area (Å²) in [5.41, 5.74) is 2.18. The molecule has 6 nitrogen and oxygen atoms in total. The molecule has 0 bridgehead atoms. The van der Waals surface area contributed by atoms with Crippen molar-refractivity contribution in [2.75, 3.05) is 24.8 Å². The van der Waals surface area contributed by atoms with Crippen molar-refractivity contribution in [3.8, 4) is 11.5 Å². The summed E-state index contributed by atoms with van der Waals surface area (Å²) in [5.74, 6) is 1.48. The van der Waals surface area contributed by atoms with E-state index in [1.807, 2.05) is 36.4 Å². The largest absolute Gasteiger partial charge is 0.454 e. The van der Waals surface area contributed by atoms with Crippen LogP contribution in [0.3, 0.4) is 0 Å². The highest BCUT2D eigenvalue weighted by Crippen LogP contribution is 2.32. The average molecular weight is 339 g/mol. The summed E-state index contributed by atoms with van der Waals surface area (Å²) in [5, 5.41) is 5.96. The first-order valence-electron chi connectivity index (χ1n) is 8.51. The number of hydrogen-bond donors (Lipinski definition) is 2. The van der Waals surface area contributed by atoms with Crippen molar-refractivity contribution in [2.24, 2.45) is 0 Å². The number of rotatable bonds is 4. The molecule has 2 aliphatic heterocycles. The van der Waals surface area contributed by atoms with E-state index in [-0.39, 0.29) is 18.9 Å². The molecular weight excluding hydrogens is 318 g/mol. The molecule has 6 heteroatoms. The van der Waals surface area contributed by atoms with Crippen molar-refractivity contribution in [3.63, 3.8) is 0 Å². The van der Waals surface area contributed by atoms with Crippen LogP contribution in [0.1, 0.15) is 12.0 Å². The molecule has 1 atom stereocenters. The SMILES string of the molecule is O=C(NCc1ccc2c(c1)OCO2)NC1CCN(c2ccccc2)C1. The Labute approximate surface area is 146 Å². The maximum absolute atomic E-state index is 12.2. The van der Waals surface area contributed by atoms with Gasteiger partial charge in [0, 0.05) is 31.4 Å². The van der Waals surface area contributed by atoms with E-state index in [0.717, 1.165) is 36.6 Å². The third-order valence-corrected chi connectivity index (χ3v) is 4.53. The van der Waals surface area contributed by atoms with Gasteiger partial charge >= 0.3 is 6.03 Å². The van der Waals surface area contributed by atoms with Gasteiger partial charge in [0.1, 0.15) is 0 Å². The summed E-state index contributed by atoms with van der Waals surface area (Å²) < 4.78 is 10.6. The molecule has 1 fully saturated rings. The van der Waals surface area contributed by atoms with Gasteiger partial charge in [0.15, 0.2) is 11.5 Å². The number of para-hydroxylation sites is 1. The number of amides is 2. The fraction of sp³-hybridized carbons (Fsp3) is 0.316.